The van der Waals surface area contributed by atoms with Gasteiger partial charge in [-0.15, -0.1) is 0 Å². The Kier molecular flexibility index (Phi) is 5.34. The maximum Gasteiger partial charge on any atom is 0.160 e. The quantitative estimate of drug-likeness (QED) is 0.493. The van der Waals surface area contributed by atoms with E-state index >= 15 is 0 Å². The van der Waals surface area contributed by atoms with Crippen LogP contribution in [0.5, 0.6) is 0 Å². The molecule has 29 heavy (non-hydrogen) atoms. The van der Waals surface area contributed by atoms with Gasteiger partial charge in [-0.05, 0) is 42.3 Å². The van der Waals surface area contributed by atoms with Gasteiger partial charge in [0.25, 0.3) is 0 Å². The SMILES string of the molecule is CC[C@H]1CSC2=N[C@H](c3ccccn3)[C@@H](c3ccccc3Sc3ccccc3)N21. The first kappa shape index (κ1) is 18.8. The van der Waals surface area contributed by atoms with E-state index in [2.05, 4.69) is 83.5 Å². The van der Waals surface area contributed by atoms with Gasteiger partial charge in [0, 0.05) is 27.8 Å². The van der Waals surface area contributed by atoms with Crippen molar-refractivity contribution in [3.63, 3.8) is 0 Å². The minimum Gasteiger partial charge on any atom is -0.338 e. The molecule has 1 saturated heterocycles. The first-order chi connectivity index (χ1) is 14.3. The van der Waals surface area contributed by atoms with Gasteiger partial charge in [0.05, 0.1) is 11.7 Å². The Morgan fingerprint density at radius 1 is 1.00 bits per heavy atom. The molecular weight excluding hydrogens is 394 g/mol. The number of pyridine rings is 1. The number of amidine groups is 1. The van der Waals surface area contributed by atoms with Gasteiger partial charge in [0.2, 0.25) is 0 Å². The summed E-state index contributed by atoms with van der Waals surface area (Å²) in [4.78, 5) is 15.0. The van der Waals surface area contributed by atoms with Crippen molar-refractivity contribution in [3.8, 4) is 0 Å². The van der Waals surface area contributed by atoms with E-state index in [1.165, 1.54) is 20.5 Å². The predicted molar refractivity (Wildman–Crippen MR) is 123 cm³/mol. The van der Waals surface area contributed by atoms with Gasteiger partial charge in [0.15, 0.2) is 5.17 Å². The highest BCUT2D eigenvalue weighted by Gasteiger charge is 2.46. The van der Waals surface area contributed by atoms with Crippen LogP contribution in [0.15, 0.2) is 93.8 Å². The minimum atomic E-state index is 0.0329. The Morgan fingerprint density at radius 3 is 2.59 bits per heavy atom. The standard InChI is InChI=1S/C24H23N3S2/c1-2-17-16-28-24-26-22(20-13-8-9-15-25-20)23(27(17)24)19-12-6-7-14-21(19)29-18-10-4-3-5-11-18/h3-15,17,22-23H,2,16H2,1H3/t17-,22+,23+/m0/s1. The van der Waals surface area contributed by atoms with Gasteiger partial charge in [0.1, 0.15) is 6.04 Å². The van der Waals surface area contributed by atoms with Crippen LogP contribution < -0.4 is 0 Å². The molecule has 5 rings (SSSR count). The van der Waals surface area contributed by atoms with Crippen LogP contribution in [0.4, 0.5) is 0 Å². The maximum atomic E-state index is 5.16. The number of fused-ring (bicyclic) bond motifs is 1. The van der Waals surface area contributed by atoms with Crippen LogP contribution >= 0.6 is 23.5 Å². The van der Waals surface area contributed by atoms with E-state index in [4.69, 9.17) is 4.99 Å². The van der Waals surface area contributed by atoms with Gasteiger partial charge in [-0.3, -0.25) is 9.98 Å². The maximum absolute atomic E-state index is 5.16. The van der Waals surface area contributed by atoms with E-state index in [1.807, 2.05) is 35.8 Å². The molecule has 2 aromatic carbocycles. The summed E-state index contributed by atoms with van der Waals surface area (Å²) in [5, 5.41) is 1.18. The Labute approximate surface area is 180 Å². The molecule has 3 heterocycles. The molecule has 0 amide bonds. The van der Waals surface area contributed by atoms with Crippen molar-refractivity contribution in [2.24, 2.45) is 4.99 Å². The number of hydrogen-bond acceptors (Lipinski definition) is 5. The Hall–Kier alpha value is -2.24. The summed E-state index contributed by atoms with van der Waals surface area (Å²) < 4.78 is 0. The van der Waals surface area contributed by atoms with E-state index in [1.54, 1.807) is 0 Å². The fourth-order valence-electron chi connectivity index (χ4n) is 4.12. The van der Waals surface area contributed by atoms with Crippen LogP contribution in [0, 0.1) is 0 Å². The third-order valence-corrected chi connectivity index (χ3v) is 7.76. The lowest BCUT2D eigenvalue weighted by Gasteiger charge is -2.33. The smallest absolute Gasteiger partial charge is 0.160 e. The lowest BCUT2D eigenvalue weighted by Crippen LogP contribution is -2.35. The number of thioether (sulfide) groups is 1. The molecule has 3 atom stereocenters. The predicted octanol–water partition coefficient (Wildman–Crippen LogP) is 6.21. The lowest BCUT2D eigenvalue weighted by molar-refractivity contribution is 0.252. The first-order valence-electron chi connectivity index (χ1n) is 10.1. The van der Waals surface area contributed by atoms with Crippen molar-refractivity contribution in [3.05, 3.63) is 90.3 Å². The van der Waals surface area contributed by atoms with Crippen LogP contribution in [0.2, 0.25) is 0 Å². The molecule has 0 saturated carbocycles. The summed E-state index contributed by atoms with van der Waals surface area (Å²) in [5.41, 5.74) is 2.39. The highest BCUT2D eigenvalue weighted by molar-refractivity contribution is 8.14. The topological polar surface area (TPSA) is 28.5 Å². The zero-order valence-corrected chi connectivity index (χ0v) is 17.9. The second kappa shape index (κ2) is 8.25. The van der Waals surface area contributed by atoms with Gasteiger partial charge in [-0.2, -0.15) is 0 Å². The number of benzene rings is 2. The summed E-state index contributed by atoms with van der Waals surface area (Å²) >= 11 is 3.73. The molecule has 0 radical (unpaired) electrons. The largest absolute Gasteiger partial charge is 0.338 e. The zero-order valence-electron chi connectivity index (χ0n) is 16.3. The molecule has 0 N–H and O–H groups in total. The van der Waals surface area contributed by atoms with Crippen molar-refractivity contribution in [1.29, 1.82) is 0 Å². The van der Waals surface area contributed by atoms with E-state index in [-0.39, 0.29) is 12.1 Å². The summed E-state index contributed by atoms with van der Waals surface area (Å²) in [6, 6.07) is 26.3. The molecule has 3 aromatic rings. The highest BCUT2D eigenvalue weighted by atomic mass is 32.2. The average molecular weight is 418 g/mol. The molecule has 0 spiro atoms. The van der Waals surface area contributed by atoms with Gasteiger partial charge in [-0.25, -0.2) is 0 Å². The van der Waals surface area contributed by atoms with Crippen molar-refractivity contribution in [2.75, 3.05) is 5.75 Å². The monoisotopic (exact) mass is 417 g/mol. The molecule has 1 fully saturated rings. The number of aliphatic imine (C=N–C) groups is 1. The summed E-state index contributed by atoms with van der Waals surface area (Å²) in [6.07, 6.45) is 3.01. The van der Waals surface area contributed by atoms with Crippen LogP contribution in [0.25, 0.3) is 0 Å². The molecule has 3 nitrogen and oxygen atoms in total. The number of aromatic nitrogens is 1. The Balaban J connectivity index is 1.59. The minimum absolute atomic E-state index is 0.0329. The molecule has 0 aliphatic carbocycles. The van der Waals surface area contributed by atoms with E-state index in [0.29, 0.717) is 6.04 Å². The number of rotatable bonds is 5. The summed E-state index contributed by atoms with van der Waals surface area (Å²) in [6.45, 7) is 2.28. The van der Waals surface area contributed by atoms with Crippen molar-refractivity contribution in [2.45, 2.75) is 41.3 Å². The Morgan fingerprint density at radius 2 is 1.79 bits per heavy atom. The van der Waals surface area contributed by atoms with Crippen molar-refractivity contribution < 1.29 is 0 Å². The van der Waals surface area contributed by atoms with E-state index in [9.17, 15) is 0 Å². The van der Waals surface area contributed by atoms with Crippen LogP contribution in [-0.4, -0.2) is 26.8 Å². The molecule has 2 aliphatic rings. The van der Waals surface area contributed by atoms with E-state index < -0.39 is 0 Å². The summed E-state index contributed by atoms with van der Waals surface area (Å²) in [7, 11) is 0. The second-order valence-electron chi connectivity index (χ2n) is 7.29. The number of nitrogens with zero attached hydrogens (tertiary/aromatic N) is 3. The molecule has 0 unspecified atom stereocenters. The molecule has 0 bridgehead atoms. The second-order valence-corrected chi connectivity index (χ2v) is 9.39. The average Bonchev–Trinajstić information content (AvgIpc) is 3.35. The van der Waals surface area contributed by atoms with Crippen LogP contribution in [0.1, 0.15) is 36.7 Å². The lowest BCUT2D eigenvalue weighted by atomic mass is 9.95. The van der Waals surface area contributed by atoms with Crippen LogP contribution in [0.3, 0.4) is 0 Å². The molecule has 146 valence electrons. The van der Waals surface area contributed by atoms with Gasteiger partial charge >= 0.3 is 0 Å². The van der Waals surface area contributed by atoms with Crippen molar-refractivity contribution >= 4 is 28.7 Å². The molecule has 1 aromatic heterocycles. The van der Waals surface area contributed by atoms with Crippen LogP contribution in [-0.2, 0) is 0 Å². The molecule has 2 aliphatic heterocycles. The number of hydrogen-bond donors (Lipinski definition) is 0. The fourth-order valence-corrected chi connectivity index (χ4v) is 6.46. The Bertz CT molecular complexity index is 1010. The van der Waals surface area contributed by atoms with Gasteiger partial charge in [-0.1, -0.05) is 72.9 Å². The van der Waals surface area contributed by atoms with Gasteiger partial charge < -0.3 is 4.90 Å². The highest BCUT2D eigenvalue weighted by Crippen LogP contribution is 2.50. The normalized spacial score (nSPS) is 23.1. The third-order valence-electron chi connectivity index (χ3n) is 5.54. The molecular formula is C24H23N3S2. The third kappa shape index (κ3) is 3.58. The summed E-state index contributed by atoms with van der Waals surface area (Å²) in [5.74, 6) is 1.12. The zero-order chi connectivity index (χ0) is 19.6. The fraction of sp³-hybridized carbons (Fsp3) is 0.250. The van der Waals surface area contributed by atoms with Crippen molar-refractivity contribution in [1.82, 2.24) is 9.88 Å². The molecule has 5 heteroatoms. The first-order valence-corrected chi connectivity index (χ1v) is 11.9. The van der Waals surface area contributed by atoms with E-state index in [0.717, 1.165) is 17.9 Å².